The van der Waals surface area contributed by atoms with Crippen molar-refractivity contribution in [2.45, 2.75) is 18.6 Å². The Labute approximate surface area is 71.2 Å². The van der Waals surface area contributed by atoms with E-state index >= 15 is 0 Å². The van der Waals surface area contributed by atoms with Crippen molar-refractivity contribution in [2.24, 2.45) is 0 Å². The van der Waals surface area contributed by atoms with Crippen LogP contribution in [0.2, 0.25) is 0 Å². The highest BCUT2D eigenvalue weighted by molar-refractivity contribution is 6.18. The van der Waals surface area contributed by atoms with Crippen molar-refractivity contribution in [3.05, 3.63) is 0 Å². The molecule has 0 aromatic carbocycles. The zero-order valence-corrected chi connectivity index (χ0v) is 7.30. The van der Waals surface area contributed by atoms with Crippen molar-refractivity contribution in [1.29, 1.82) is 0 Å². The number of alkyl halides is 1. The van der Waals surface area contributed by atoms with E-state index in [1.807, 2.05) is 0 Å². The van der Waals surface area contributed by atoms with E-state index in [1.54, 1.807) is 6.92 Å². The second-order valence-electron chi connectivity index (χ2n) is 2.93. The Hall–Kier alpha value is 0.170. The molecule has 11 heavy (non-hydrogen) atoms. The molecule has 0 bridgehead atoms. The lowest BCUT2D eigenvalue weighted by molar-refractivity contribution is -0.160. The monoisotopic (exact) mass is 180 g/mol. The average molecular weight is 181 g/mol. The highest BCUT2D eigenvalue weighted by atomic mass is 35.5. The van der Waals surface area contributed by atoms with E-state index in [9.17, 15) is 5.11 Å². The summed E-state index contributed by atoms with van der Waals surface area (Å²) >= 11 is 5.54. The Morgan fingerprint density at radius 2 is 2.36 bits per heavy atom. The quantitative estimate of drug-likeness (QED) is 0.625. The van der Waals surface area contributed by atoms with Gasteiger partial charge in [0.05, 0.1) is 25.7 Å². The first kappa shape index (κ1) is 9.26. The summed E-state index contributed by atoms with van der Waals surface area (Å²) in [6.07, 6.45) is -0.284. The summed E-state index contributed by atoms with van der Waals surface area (Å²) < 4.78 is 10.4. The number of halogens is 1. The average Bonchev–Trinajstić information content (AvgIpc) is 2.06. The van der Waals surface area contributed by atoms with E-state index in [-0.39, 0.29) is 12.0 Å². The molecule has 1 unspecified atom stereocenters. The molecule has 1 rings (SSSR count). The van der Waals surface area contributed by atoms with Crippen LogP contribution in [-0.2, 0) is 9.47 Å². The van der Waals surface area contributed by atoms with Crippen molar-refractivity contribution in [1.82, 2.24) is 0 Å². The second kappa shape index (κ2) is 3.72. The van der Waals surface area contributed by atoms with E-state index in [0.717, 1.165) is 0 Å². The summed E-state index contributed by atoms with van der Waals surface area (Å²) in [5, 5.41) is 9.61. The molecule has 66 valence electrons. The predicted octanol–water partition coefficient (Wildman–Crippen LogP) is 0.392. The van der Waals surface area contributed by atoms with E-state index in [1.165, 1.54) is 0 Å². The van der Waals surface area contributed by atoms with Crippen LogP contribution in [0.15, 0.2) is 0 Å². The molecule has 1 N–H and O–H groups in total. The minimum absolute atomic E-state index is 0.168. The zero-order valence-electron chi connectivity index (χ0n) is 6.55. The topological polar surface area (TPSA) is 38.7 Å². The molecule has 0 aliphatic carbocycles. The molecule has 0 radical (unpaired) electrons. The Morgan fingerprint density at radius 1 is 1.64 bits per heavy atom. The van der Waals surface area contributed by atoms with Gasteiger partial charge in [0.1, 0.15) is 11.7 Å². The summed E-state index contributed by atoms with van der Waals surface area (Å²) in [5.74, 6) is 0.168. The molecule has 1 aliphatic heterocycles. The molecule has 4 heteroatoms. The zero-order chi connectivity index (χ0) is 8.32. The van der Waals surface area contributed by atoms with Gasteiger partial charge in [-0.3, -0.25) is 0 Å². The van der Waals surface area contributed by atoms with Gasteiger partial charge in [-0.15, -0.1) is 11.6 Å². The Morgan fingerprint density at radius 3 is 2.82 bits per heavy atom. The van der Waals surface area contributed by atoms with Crippen molar-refractivity contribution in [3.8, 4) is 0 Å². The minimum atomic E-state index is -0.970. The van der Waals surface area contributed by atoms with Crippen LogP contribution < -0.4 is 0 Å². The normalized spacial score (nSPS) is 31.4. The van der Waals surface area contributed by atoms with Crippen LogP contribution in [0.25, 0.3) is 0 Å². The van der Waals surface area contributed by atoms with Crippen LogP contribution in [0.1, 0.15) is 6.92 Å². The lowest BCUT2D eigenvalue weighted by atomic mass is 10.0. The van der Waals surface area contributed by atoms with Gasteiger partial charge in [0.2, 0.25) is 0 Å². The molecule has 1 saturated heterocycles. The molecule has 0 amide bonds. The highest BCUT2D eigenvalue weighted by Crippen LogP contribution is 2.17. The van der Waals surface area contributed by atoms with Gasteiger partial charge >= 0.3 is 0 Å². The van der Waals surface area contributed by atoms with Gasteiger partial charge < -0.3 is 14.6 Å². The van der Waals surface area contributed by atoms with Gasteiger partial charge in [-0.2, -0.15) is 0 Å². The molecule has 3 nitrogen and oxygen atoms in total. The van der Waals surface area contributed by atoms with Crippen molar-refractivity contribution >= 4 is 11.6 Å². The lowest BCUT2D eigenvalue weighted by Crippen LogP contribution is -2.48. The first-order valence-electron chi connectivity index (χ1n) is 3.64. The third-order valence-corrected chi connectivity index (χ3v) is 2.32. The Kier molecular flexibility index (Phi) is 3.13. The number of hydrogen-bond acceptors (Lipinski definition) is 3. The van der Waals surface area contributed by atoms with E-state index in [2.05, 4.69) is 0 Å². The van der Waals surface area contributed by atoms with Crippen LogP contribution in [0.5, 0.6) is 0 Å². The summed E-state index contributed by atoms with van der Waals surface area (Å²) in [4.78, 5) is 0. The third-order valence-electron chi connectivity index (χ3n) is 1.78. The first-order valence-corrected chi connectivity index (χ1v) is 4.18. The van der Waals surface area contributed by atoms with Gasteiger partial charge in [0.25, 0.3) is 0 Å². The van der Waals surface area contributed by atoms with E-state index in [4.69, 9.17) is 21.1 Å². The maximum Gasteiger partial charge on any atom is 0.110 e. The van der Waals surface area contributed by atoms with Gasteiger partial charge in [-0.05, 0) is 6.92 Å². The summed E-state index contributed by atoms with van der Waals surface area (Å²) in [6, 6.07) is 0. The second-order valence-corrected chi connectivity index (χ2v) is 3.19. The van der Waals surface area contributed by atoms with Gasteiger partial charge in [-0.1, -0.05) is 0 Å². The van der Waals surface area contributed by atoms with Crippen LogP contribution in [-0.4, -0.2) is 42.5 Å². The molecular weight excluding hydrogens is 168 g/mol. The maximum absolute atomic E-state index is 9.61. The van der Waals surface area contributed by atoms with Crippen LogP contribution in [0.3, 0.4) is 0 Å². The number of ether oxygens (including phenoxy) is 2. The number of rotatable bonds is 2. The molecule has 1 heterocycles. The summed E-state index contributed by atoms with van der Waals surface area (Å²) in [6.45, 7) is 3.23. The van der Waals surface area contributed by atoms with E-state index < -0.39 is 5.60 Å². The molecule has 1 aliphatic rings. The molecule has 0 saturated carbocycles. The molecule has 1 fully saturated rings. The fourth-order valence-electron chi connectivity index (χ4n) is 0.933. The van der Waals surface area contributed by atoms with Crippen molar-refractivity contribution < 1.29 is 14.6 Å². The fraction of sp³-hybridized carbons (Fsp3) is 1.00. The molecule has 0 spiro atoms. The first-order chi connectivity index (χ1) is 5.17. The number of aliphatic hydroxyl groups is 1. The fourth-order valence-corrected chi connectivity index (χ4v) is 1.10. The minimum Gasteiger partial charge on any atom is -0.386 e. The smallest absolute Gasteiger partial charge is 0.110 e. The van der Waals surface area contributed by atoms with Crippen LogP contribution >= 0.6 is 11.6 Å². The molecular formula is C7H13ClO3. The third kappa shape index (κ3) is 2.30. The van der Waals surface area contributed by atoms with Gasteiger partial charge in [0, 0.05) is 0 Å². The van der Waals surface area contributed by atoms with Crippen molar-refractivity contribution in [3.63, 3.8) is 0 Å². The molecule has 0 aromatic heterocycles. The van der Waals surface area contributed by atoms with Gasteiger partial charge in [0.15, 0.2) is 0 Å². The molecule has 2 atom stereocenters. The SMILES string of the molecule is C[C@@](O)(CCl)C1COCCO1. The Bertz CT molecular complexity index is 121. The number of hydrogen-bond donors (Lipinski definition) is 1. The standard InChI is InChI=1S/C7H13ClO3/c1-7(9,5-8)6-4-10-2-3-11-6/h6,9H,2-5H2,1H3/t6?,7-/m1/s1. The lowest BCUT2D eigenvalue weighted by Gasteiger charge is -2.33. The summed E-state index contributed by atoms with van der Waals surface area (Å²) in [5.41, 5.74) is -0.970. The summed E-state index contributed by atoms with van der Waals surface area (Å²) in [7, 11) is 0. The largest absolute Gasteiger partial charge is 0.386 e. The van der Waals surface area contributed by atoms with E-state index in [0.29, 0.717) is 19.8 Å². The highest BCUT2D eigenvalue weighted by Gasteiger charge is 2.33. The maximum atomic E-state index is 9.61. The van der Waals surface area contributed by atoms with Gasteiger partial charge in [-0.25, -0.2) is 0 Å². The predicted molar refractivity (Wildman–Crippen MR) is 41.9 cm³/mol. The Balaban J connectivity index is 2.43. The van der Waals surface area contributed by atoms with Crippen molar-refractivity contribution in [2.75, 3.05) is 25.7 Å². The molecule has 0 aromatic rings. The van der Waals surface area contributed by atoms with Crippen LogP contribution in [0, 0.1) is 0 Å². The van der Waals surface area contributed by atoms with Crippen LogP contribution in [0.4, 0.5) is 0 Å².